The van der Waals surface area contributed by atoms with E-state index < -0.39 is 28.5 Å². The molecule has 0 radical (unpaired) electrons. The molecular weight excluding hydrogens is 241 g/mol. The average molecular weight is 252 g/mol. The fourth-order valence-electron chi connectivity index (χ4n) is 0.594. The monoisotopic (exact) mass is 252 g/mol. The summed E-state index contributed by atoms with van der Waals surface area (Å²) >= 11 is 0. The normalized spacial score (nSPS) is 25.6. The molecule has 0 aliphatic rings. The first-order valence-corrected chi connectivity index (χ1v) is 9.12. The van der Waals surface area contributed by atoms with Gasteiger partial charge in [-0.2, -0.15) is 0 Å². The lowest BCUT2D eigenvalue weighted by atomic mass is 11.9. The minimum absolute atomic E-state index is 0.716. The molecule has 0 heterocycles. The number of hydrogen-bond donors (Lipinski definition) is 3. The van der Waals surface area contributed by atoms with Crippen LogP contribution in [0.3, 0.4) is 0 Å². The third-order valence-electron chi connectivity index (χ3n) is 0.720. The van der Waals surface area contributed by atoms with Crippen molar-refractivity contribution in [1.82, 2.24) is 0 Å². The lowest BCUT2D eigenvalue weighted by Gasteiger charge is -2.14. The van der Waals surface area contributed by atoms with Gasteiger partial charge in [0, 0.05) is 13.3 Å². The van der Waals surface area contributed by atoms with Crippen molar-refractivity contribution in [1.29, 1.82) is 0 Å². The highest BCUT2D eigenvalue weighted by Gasteiger charge is 2.33. The largest absolute Gasteiger partial charge is 0.344 e. The van der Waals surface area contributed by atoms with Crippen LogP contribution in [0.2, 0.25) is 0 Å². The standard InChI is InChI=1S/C3H11O7P3/c1-11(4,5)3-13(8,9)10-12(2,6)7/h3H2,1-2H3,(H,4,5)(H,6,7)(H,8,9). The Balaban J connectivity index is 4.54. The van der Waals surface area contributed by atoms with Crippen LogP contribution >= 0.6 is 22.6 Å². The van der Waals surface area contributed by atoms with Crippen molar-refractivity contribution in [2.24, 2.45) is 0 Å². The summed E-state index contributed by atoms with van der Waals surface area (Å²) in [4.78, 5) is 26.2. The van der Waals surface area contributed by atoms with Gasteiger partial charge in [-0.3, -0.25) is 13.7 Å². The Morgan fingerprint density at radius 3 is 1.69 bits per heavy atom. The highest BCUT2D eigenvalue weighted by atomic mass is 31.3. The molecule has 0 aromatic carbocycles. The van der Waals surface area contributed by atoms with E-state index in [1.165, 1.54) is 0 Å². The SMILES string of the molecule is CP(=O)(O)CP(=O)(O)OP(C)(=O)O. The smallest absolute Gasteiger partial charge is 0.344 e. The van der Waals surface area contributed by atoms with Gasteiger partial charge in [0.05, 0.1) is 0 Å². The zero-order chi connectivity index (χ0) is 10.9. The van der Waals surface area contributed by atoms with E-state index in [0.717, 1.165) is 6.66 Å². The predicted molar refractivity (Wildman–Crippen MR) is 47.3 cm³/mol. The third kappa shape index (κ3) is 8.85. The first kappa shape index (κ1) is 13.5. The molecule has 0 aromatic heterocycles. The van der Waals surface area contributed by atoms with Crippen LogP contribution in [-0.2, 0) is 18.0 Å². The summed E-state index contributed by atoms with van der Waals surface area (Å²) in [5, 5.41) is 0. The minimum atomic E-state index is -4.46. The molecule has 0 saturated carbocycles. The zero-order valence-electron chi connectivity index (χ0n) is 7.02. The first-order chi connectivity index (χ1) is 5.41. The van der Waals surface area contributed by atoms with E-state index in [-0.39, 0.29) is 0 Å². The van der Waals surface area contributed by atoms with E-state index in [9.17, 15) is 13.7 Å². The molecule has 0 amide bonds. The van der Waals surface area contributed by atoms with Gasteiger partial charge in [-0.25, -0.2) is 4.31 Å². The van der Waals surface area contributed by atoms with E-state index in [1.807, 2.05) is 0 Å². The second-order valence-electron chi connectivity index (χ2n) is 2.71. The summed E-state index contributed by atoms with van der Waals surface area (Å²) in [5.74, 6) is -1.03. The Bertz CT molecular complexity index is 281. The molecule has 3 unspecified atom stereocenters. The van der Waals surface area contributed by atoms with Gasteiger partial charge in [0.1, 0.15) is 5.90 Å². The molecule has 0 aromatic rings. The van der Waals surface area contributed by atoms with Gasteiger partial charge in [-0.15, -0.1) is 0 Å². The highest BCUT2D eigenvalue weighted by molar-refractivity contribution is 7.76. The number of rotatable bonds is 4. The third-order valence-corrected chi connectivity index (χ3v) is 6.48. The maximum Gasteiger partial charge on any atom is 0.344 e. The quantitative estimate of drug-likeness (QED) is 0.634. The second-order valence-corrected chi connectivity index (χ2v) is 9.48. The van der Waals surface area contributed by atoms with Gasteiger partial charge < -0.3 is 14.7 Å². The molecule has 13 heavy (non-hydrogen) atoms. The summed E-state index contributed by atoms with van der Waals surface area (Å²) in [7, 11) is -12.3. The zero-order valence-corrected chi connectivity index (χ0v) is 9.71. The van der Waals surface area contributed by atoms with E-state index in [0.29, 0.717) is 6.66 Å². The van der Waals surface area contributed by atoms with Crippen LogP contribution in [0.4, 0.5) is 0 Å². The Morgan fingerprint density at radius 2 is 1.46 bits per heavy atom. The summed E-state index contributed by atoms with van der Waals surface area (Å²) in [6, 6.07) is 0. The van der Waals surface area contributed by atoms with Crippen LogP contribution < -0.4 is 0 Å². The average Bonchev–Trinajstić information content (AvgIpc) is 1.43. The van der Waals surface area contributed by atoms with Gasteiger partial charge in [-0.05, 0) is 0 Å². The lowest BCUT2D eigenvalue weighted by Crippen LogP contribution is -1.93. The summed E-state index contributed by atoms with van der Waals surface area (Å²) in [6.45, 7) is 1.57. The van der Waals surface area contributed by atoms with E-state index in [2.05, 4.69) is 4.31 Å². The first-order valence-electron chi connectivity index (χ1n) is 3.04. The Kier molecular flexibility index (Phi) is 4.11. The maximum atomic E-state index is 10.9. The van der Waals surface area contributed by atoms with E-state index in [1.54, 1.807) is 0 Å². The Hall–Kier alpha value is 0.530. The van der Waals surface area contributed by atoms with Crippen molar-refractivity contribution in [2.45, 2.75) is 0 Å². The second kappa shape index (κ2) is 3.95. The molecular formula is C3H11O7P3. The topological polar surface area (TPSA) is 121 Å². The molecule has 0 saturated heterocycles. The van der Waals surface area contributed by atoms with Crippen LogP contribution in [0.1, 0.15) is 0 Å². The lowest BCUT2D eigenvalue weighted by molar-refractivity contribution is 0.339. The van der Waals surface area contributed by atoms with Crippen molar-refractivity contribution in [3.05, 3.63) is 0 Å². The van der Waals surface area contributed by atoms with Crippen LogP contribution in [0.15, 0.2) is 0 Å². The van der Waals surface area contributed by atoms with Crippen LogP contribution in [0.25, 0.3) is 0 Å². The molecule has 0 spiro atoms. The fraction of sp³-hybridized carbons (Fsp3) is 1.00. The Morgan fingerprint density at radius 1 is 1.08 bits per heavy atom. The van der Waals surface area contributed by atoms with E-state index in [4.69, 9.17) is 14.7 Å². The van der Waals surface area contributed by atoms with Crippen molar-refractivity contribution >= 4 is 22.6 Å². The maximum absolute atomic E-state index is 10.9. The van der Waals surface area contributed by atoms with Gasteiger partial charge in [0.25, 0.3) is 0 Å². The minimum Gasteiger partial charge on any atom is -0.344 e. The van der Waals surface area contributed by atoms with Gasteiger partial charge in [0.15, 0.2) is 0 Å². The van der Waals surface area contributed by atoms with E-state index >= 15 is 0 Å². The summed E-state index contributed by atoms with van der Waals surface area (Å²) < 4.78 is 36.0. The molecule has 0 bridgehead atoms. The molecule has 80 valence electrons. The number of hydrogen-bond acceptors (Lipinski definition) is 4. The van der Waals surface area contributed by atoms with Crippen LogP contribution in [0.5, 0.6) is 0 Å². The van der Waals surface area contributed by atoms with Gasteiger partial charge >= 0.3 is 15.2 Å². The van der Waals surface area contributed by atoms with Crippen LogP contribution in [0, 0.1) is 0 Å². The summed E-state index contributed by atoms with van der Waals surface area (Å²) in [5.41, 5.74) is 0. The fourth-order valence-corrected chi connectivity index (χ4v) is 5.81. The van der Waals surface area contributed by atoms with Crippen molar-refractivity contribution < 1.29 is 32.7 Å². The highest BCUT2D eigenvalue weighted by Crippen LogP contribution is 2.63. The molecule has 3 N–H and O–H groups in total. The van der Waals surface area contributed by atoms with Crippen molar-refractivity contribution in [3.8, 4) is 0 Å². The molecule has 0 aliphatic heterocycles. The van der Waals surface area contributed by atoms with Gasteiger partial charge in [0.2, 0.25) is 7.37 Å². The van der Waals surface area contributed by atoms with Crippen LogP contribution in [-0.4, -0.2) is 33.9 Å². The Labute approximate surface area is 75.3 Å². The predicted octanol–water partition coefficient (Wildman–Crippen LogP) is 0.861. The summed E-state index contributed by atoms with van der Waals surface area (Å²) in [6.07, 6.45) is 0. The molecule has 10 heteroatoms. The molecule has 0 aliphatic carbocycles. The van der Waals surface area contributed by atoms with Gasteiger partial charge in [-0.1, -0.05) is 0 Å². The molecule has 0 rings (SSSR count). The molecule has 7 nitrogen and oxygen atoms in total. The molecule has 0 fully saturated rings. The van der Waals surface area contributed by atoms with Crippen molar-refractivity contribution in [3.63, 3.8) is 0 Å². The van der Waals surface area contributed by atoms with Crippen molar-refractivity contribution in [2.75, 3.05) is 19.2 Å². The molecule has 3 atom stereocenters.